The number of ether oxygens (including phenoxy) is 1. The molecule has 0 spiro atoms. The van der Waals surface area contributed by atoms with Crippen molar-refractivity contribution in [3.63, 3.8) is 0 Å². The minimum Gasteiger partial charge on any atom is -0.452 e. The van der Waals surface area contributed by atoms with E-state index in [0.717, 1.165) is 12.1 Å². The Morgan fingerprint density at radius 3 is 2.55 bits per heavy atom. The van der Waals surface area contributed by atoms with Gasteiger partial charge in [0, 0.05) is 11.1 Å². The van der Waals surface area contributed by atoms with E-state index in [1.54, 1.807) is 0 Å². The summed E-state index contributed by atoms with van der Waals surface area (Å²) in [5.41, 5.74) is -1.12. The maximum absolute atomic E-state index is 11.8. The summed E-state index contributed by atoms with van der Waals surface area (Å²) in [5.74, 6) is -2.42. The number of amides is 1. The number of hydrogen-bond acceptors (Lipinski definition) is 5. The Kier molecular flexibility index (Phi) is 5.69. The second-order valence-corrected chi connectivity index (χ2v) is 4.32. The summed E-state index contributed by atoms with van der Waals surface area (Å²) in [5, 5.41) is 12.2. The molecule has 1 aromatic carbocycles. The van der Waals surface area contributed by atoms with Gasteiger partial charge in [-0.1, -0.05) is 11.6 Å². The van der Waals surface area contributed by atoms with Crippen LogP contribution in [0.4, 0.5) is 18.9 Å². The number of benzene rings is 1. The van der Waals surface area contributed by atoms with Crippen LogP contribution in [0, 0.1) is 10.1 Å². The molecule has 0 aromatic heterocycles. The van der Waals surface area contributed by atoms with E-state index in [0.29, 0.717) is 0 Å². The van der Waals surface area contributed by atoms with Gasteiger partial charge in [0.15, 0.2) is 6.61 Å². The van der Waals surface area contributed by atoms with Gasteiger partial charge in [-0.2, -0.15) is 13.2 Å². The molecule has 0 bridgehead atoms. The van der Waals surface area contributed by atoms with Crippen molar-refractivity contribution >= 4 is 29.2 Å². The summed E-state index contributed by atoms with van der Waals surface area (Å²) in [6, 6.07) is 3.10. The monoisotopic (exact) mass is 340 g/mol. The molecule has 22 heavy (non-hydrogen) atoms. The fourth-order valence-electron chi connectivity index (χ4n) is 1.29. The molecule has 1 N–H and O–H groups in total. The van der Waals surface area contributed by atoms with E-state index in [4.69, 9.17) is 11.6 Å². The quantitative estimate of drug-likeness (QED) is 0.502. The van der Waals surface area contributed by atoms with Crippen molar-refractivity contribution in [1.29, 1.82) is 0 Å². The van der Waals surface area contributed by atoms with Crippen molar-refractivity contribution in [2.75, 3.05) is 13.2 Å². The van der Waals surface area contributed by atoms with E-state index in [9.17, 15) is 32.9 Å². The lowest BCUT2D eigenvalue weighted by molar-refractivity contribution is -0.385. The van der Waals surface area contributed by atoms with Crippen LogP contribution in [0.2, 0.25) is 5.02 Å². The zero-order valence-electron chi connectivity index (χ0n) is 10.6. The Morgan fingerprint density at radius 2 is 2.00 bits per heavy atom. The number of nitrogens with zero attached hydrogens (tertiary/aromatic N) is 1. The fourth-order valence-corrected chi connectivity index (χ4v) is 1.45. The maximum Gasteiger partial charge on any atom is 0.405 e. The van der Waals surface area contributed by atoms with E-state index >= 15 is 0 Å². The van der Waals surface area contributed by atoms with Gasteiger partial charge < -0.3 is 10.1 Å². The molecule has 0 aliphatic carbocycles. The fraction of sp³-hybridized carbons (Fsp3) is 0.273. The largest absolute Gasteiger partial charge is 0.452 e. The molecular weight excluding hydrogens is 333 g/mol. The third-order valence-electron chi connectivity index (χ3n) is 2.20. The summed E-state index contributed by atoms with van der Waals surface area (Å²) in [4.78, 5) is 32.6. The number of esters is 1. The van der Waals surface area contributed by atoms with Crippen LogP contribution in [-0.4, -0.2) is 36.1 Å². The van der Waals surface area contributed by atoms with Crippen LogP contribution in [0.5, 0.6) is 0 Å². The van der Waals surface area contributed by atoms with E-state index in [1.807, 2.05) is 0 Å². The molecule has 0 saturated heterocycles. The summed E-state index contributed by atoms with van der Waals surface area (Å²) in [6.07, 6.45) is -4.60. The van der Waals surface area contributed by atoms with Crippen LogP contribution in [0.25, 0.3) is 0 Å². The van der Waals surface area contributed by atoms with Gasteiger partial charge in [-0.25, -0.2) is 4.79 Å². The van der Waals surface area contributed by atoms with Crippen molar-refractivity contribution in [3.8, 4) is 0 Å². The predicted molar refractivity (Wildman–Crippen MR) is 67.5 cm³/mol. The van der Waals surface area contributed by atoms with Gasteiger partial charge in [0.2, 0.25) is 0 Å². The number of nitro benzene ring substituents is 1. The SMILES string of the molecule is O=C(COC(=O)c1ccc(Cl)cc1[N+](=O)[O-])NCC(F)(F)F. The first-order valence-electron chi connectivity index (χ1n) is 5.54. The molecule has 0 atom stereocenters. The Labute approximate surface area is 126 Å². The van der Waals surface area contributed by atoms with Crippen LogP contribution in [0.15, 0.2) is 18.2 Å². The average Bonchev–Trinajstić information content (AvgIpc) is 2.41. The highest BCUT2D eigenvalue weighted by Crippen LogP contribution is 2.23. The van der Waals surface area contributed by atoms with E-state index in [1.165, 1.54) is 11.4 Å². The van der Waals surface area contributed by atoms with Gasteiger partial charge in [-0.05, 0) is 12.1 Å². The number of rotatable bonds is 5. The molecule has 0 saturated carbocycles. The number of hydrogen-bond donors (Lipinski definition) is 1. The van der Waals surface area contributed by atoms with Gasteiger partial charge in [-0.15, -0.1) is 0 Å². The topological polar surface area (TPSA) is 98.5 Å². The smallest absolute Gasteiger partial charge is 0.405 e. The molecule has 1 aromatic rings. The van der Waals surface area contributed by atoms with Gasteiger partial charge in [0.1, 0.15) is 12.1 Å². The number of nitrogens with one attached hydrogen (secondary N) is 1. The zero-order valence-corrected chi connectivity index (χ0v) is 11.4. The highest BCUT2D eigenvalue weighted by Gasteiger charge is 2.28. The Morgan fingerprint density at radius 1 is 1.36 bits per heavy atom. The molecule has 1 rings (SSSR count). The van der Waals surface area contributed by atoms with Gasteiger partial charge >= 0.3 is 12.1 Å². The summed E-state index contributed by atoms with van der Waals surface area (Å²) >= 11 is 5.55. The van der Waals surface area contributed by atoms with Crippen LogP contribution in [0.3, 0.4) is 0 Å². The molecular formula is C11H8ClF3N2O5. The molecule has 11 heteroatoms. The number of carbonyl (C=O) groups is 2. The third-order valence-corrected chi connectivity index (χ3v) is 2.43. The Balaban J connectivity index is 2.67. The average molecular weight is 341 g/mol. The molecule has 0 unspecified atom stereocenters. The summed E-state index contributed by atoms with van der Waals surface area (Å²) in [7, 11) is 0. The van der Waals surface area contributed by atoms with E-state index < -0.39 is 47.4 Å². The van der Waals surface area contributed by atoms with Crippen molar-refractivity contribution in [3.05, 3.63) is 38.9 Å². The second kappa shape index (κ2) is 7.07. The van der Waals surface area contributed by atoms with Crippen LogP contribution in [-0.2, 0) is 9.53 Å². The molecule has 0 aliphatic rings. The van der Waals surface area contributed by atoms with Gasteiger partial charge in [-0.3, -0.25) is 14.9 Å². The Bertz CT molecular complexity index is 606. The van der Waals surface area contributed by atoms with Gasteiger partial charge in [0.05, 0.1) is 4.92 Å². The van der Waals surface area contributed by atoms with Crippen molar-refractivity contribution < 1.29 is 32.4 Å². The first-order valence-corrected chi connectivity index (χ1v) is 5.92. The summed E-state index contributed by atoms with van der Waals surface area (Å²) in [6.45, 7) is -2.58. The number of carbonyl (C=O) groups excluding carboxylic acids is 2. The van der Waals surface area contributed by atoms with E-state index in [2.05, 4.69) is 4.74 Å². The molecule has 0 radical (unpaired) electrons. The first-order chi connectivity index (χ1) is 10.1. The molecule has 0 heterocycles. The standard InChI is InChI=1S/C11H8ClF3N2O5/c12-6-1-2-7(8(3-6)17(20)21)10(19)22-4-9(18)16-5-11(13,14)15/h1-3H,4-5H2,(H,16,18). The molecule has 1 amide bonds. The van der Waals surface area contributed by atoms with Crippen LogP contribution >= 0.6 is 11.6 Å². The normalized spacial score (nSPS) is 10.9. The molecule has 0 fully saturated rings. The lowest BCUT2D eigenvalue weighted by atomic mass is 10.2. The number of halogens is 4. The van der Waals surface area contributed by atoms with Crippen molar-refractivity contribution in [1.82, 2.24) is 5.32 Å². The van der Waals surface area contributed by atoms with Crippen molar-refractivity contribution in [2.45, 2.75) is 6.18 Å². The highest BCUT2D eigenvalue weighted by molar-refractivity contribution is 6.31. The number of alkyl halides is 3. The first kappa shape index (κ1) is 17.7. The molecule has 120 valence electrons. The Hall–Kier alpha value is -2.36. The lowest BCUT2D eigenvalue weighted by Crippen LogP contribution is -2.36. The summed E-state index contributed by atoms with van der Waals surface area (Å²) < 4.78 is 40.0. The van der Waals surface area contributed by atoms with Crippen LogP contribution < -0.4 is 5.32 Å². The minimum absolute atomic E-state index is 0.00571. The second-order valence-electron chi connectivity index (χ2n) is 3.89. The molecule has 0 aliphatic heterocycles. The predicted octanol–water partition coefficient (Wildman–Crippen LogP) is 2.08. The lowest BCUT2D eigenvalue weighted by Gasteiger charge is -2.09. The third kappa shape index (κ3) is 5.56. The maximum atomic E-state index is 11.8. The number of nitro groups is 1. The molecule has 7 nitrogen and oxygen atoms in total. The van der Waals surface area contributed by atoms with Crippen molar-refractivity contribution in [2.24, 2.45) is 0 Å². The van der Waals surface area contributed by atoms with Gasteiger partial charge in [0.25, 0.3) is 11.6 Å². The minimum atomic E-state index is -4.60. The van der Waals surface area contributed by atoms with Crippen LogP contribution in [0.1, 0.15) is 10.4 Å². The van der Waals surface area contributed by atoms with E-state index in [-0.39, 0.29) is 5.02 Å². The zero-order chi connectivity index (χ0) is 16.9. The highest BCUT2D eigenvalue weighted by atomic mass is 35.5.